The van der Waals surface area contributed by atoms with Crippen LogP contribution >= 0.6 is 11.6 Å². The van der Waals surface area contributed by atoms with E-state index in [1.807, 2.05) is 6.92 Å². The molecule has 1 aliphatic heterocycles. The molecule has 0 saturated carbocycles. The highest BCUT2D eigenvalue weighted by Crippen LogP contribution is 2.40. The van der Waals surface area contributed by atoms with E-state index < -0.39 is 23.9 Å². The molecule has 2 aromatic carbocycles. The van der Waals surface area contributed by atoms with E-state index in [9.17, 15) is 14.0 Å². The highest BCUT2D eigenvalue weighted by Gasteiger charge is 2.35. The van der Waals surface area contributed by atoms with Gasteiger partial charge in [0.25, 0.3) is 0 Å². The van der Waals surface area contributed by atoms with E-state index in [2.05, 4.69) is 10.6 Å². The first-order valence-electron chi connectivity index (χ1n) is 10.6. The summed E-state index contributed by atoms with van der Waals surface area (Å²) < 4.78 is 31.0. The molecule has 0 fully saturated rings. The second-order valence-corrected chi connectivity index (χ2v) is 7.67. The standard InChI is InChI=1S/C24H26ClFN2O5/c1-4-8-18-20(23(29)32-5-2)21(28-24(30)27-18)14-9-6-12-19(31-3)22(14)33-13-15-16(25)10-7-11-17(15)26/h6-7,9-12,21H,4-5,8,13H2,1-3H3,(H2,27,28,30). The number of urea groups is 1. The van der Waals surface area contributed by atoms with Crippen molar-refractivity contribution in [2.75, 3.05) is 13.7 Å². The van der Waals surface area contributed by atoms with Gasteiger partial charge in [0.1, 0.15) is 12.4 Å². The fourth-order valence-electron chi connectivity index (χ4n) is 3.64. The van der Waals surface area contributed by atoms with E-state index in [1.54, 1.807) is 31.2 Å². The number of halogens is 2. The fraction of sp³-hybridized carbons (Fsp3) is 0.333. The first-order valence-corrected chi connectivity index (χ1v) is 11.0. The van der Waals surface area contributed by atoms with Crippen LogP contribution in [0.5, 0.6) is 11.5 Å². The van der Waals surface area contributed by atoms with Gasteiger partial charge in [-0.25, -0.2) is 14.0 Å². The maximum absolute atomic E-state index is 14.3. The van der Waals surface area contributed by atoms with Crippen LogP contribution in [0, 0.1) is 5.82 Å². The molecule has 0 aromatic heterocycles. The van der Waals surface area contributed by atoms with Crippen molar-refractivity contribution >= 4 is 23.6 Å². The van der Waals surface area contributed by atoms with E-state index >= 15 is 0 Å². The minimum absolute atomic E-state index is 0.176. The van der Waals surface area contributed by atoms with Crippen LogP contribution in [0.3, 0.4) is 0 Å². The van der Waals surface area contributed by atoms with Gasteiger partial charge >= 0.3 is 12.0 Å². The van der Waals surface area contributed by atoms with Crippen molar-refractivity contribution in [3.05, 3.63) is 69.6 Å². The van der Waals surface area contributed by atoms with Gasteiger partial charge in [0.2, 0.25) is 0 Å². The summed E-state index contributed by atoms with van der Waals surface area (Å²) in [6.45, 7) is 3.64. The van der Waals surface area contributed by atoms with Crippen LogP contribution in [0.2, 0.25) is 5.02 Å². The van der Waals surface area contributed by atoms with E-state index in [-0.39, 0.29) is 35.1 Å². The lowest BCUT2D eigenvalue weighted by atomic mass is 9.93. The summed E-state index contributed by atoms with van der Waals surface area (Å²) >= 11 is 6.15. The Morgan fingerprint density at radius 2 is 1.94 bits per heavy atom. The fourth-order valence-corrected chi connectivity index (χ4v) is 3.86. The quantitative estimate of drug-likeness (QED) is 0.495. The zero-order chi connectivity index (χ0) is 24.0. The number of benzene rings is 2. The van der Waals surface area contributed by atoms with Gasteiger partial charge in [-0.1, -0.05) is 43.1 Å². The lowest BCUT2D eigenvalue weighted by molar-refractivity contribution is -0.139. The van der Waals surface area contributed by atoms with Crippen LogP contribution in [0.4, 0.5) is 9.18 Å². The van der Waals surface area contributed by atoms with Crippen molar-refractivity contribution in [2.24, 2.45) is 0 Å². The van der Waals surface area contributed by atoms with Crippen molar-refractivity contribution < 1.29 is 28.2 Å². The van der Waals surface area contributed by atoms with Gasteiger partial charge in [-0.2, -0.15) is 0 Å². The van der Waals surface area contributed by atoms with Crippen LogP contribution in [-0.2, 0) is 16.1 Å². The molecule has 9 heteroatoms. The predicted molar refractivity (Wildman–Crippen MR) is 122 cm³/mol. The van der Waals surface area contributed by atoms with E-state index in [1.165, 1.54) is 19.2 Å². The molecule has 0 aliphatic carbocycles. The first kappa shape index (κ1) is 24.4. The number of amides is 2. The zero-order valence-electron chi connectivity index (χ0n) is 18.7. The summed E-state index contributed by atoms with van der Waals surface area (Å²) in [6, 6.07) is 8.14. The molecule has 33 heavy (non-hydrogen) atoms. The van der Waals surface area contributed by atoms with Crippen molar-refractivity contribution in [3.8, 4) is 11.5 Å². The molecule has 3 rings (SSSR count). The molecular formula is C24H26ClFN2O5. The predicted octanol–water partition coefficient (Wildman–Crippen LogP) is 5.04. The van der Waals surface area contributed by atoms with Crippen LogP contribution < -0.4 is 20.1 Å². The van der Waals surface area contributed by atoms with Gasteiger partial charge in [-0.05, 0) is 31.5 Å². The number of methoxy groups -OCH3 is 1. The Labute approximate surface area is 196 Å². The Hall–Kier alpha value is -3.26. The lowest BCUT2D eigenvalue weighted by Gasteiger charge is -2.30. The number of hydrogen-bond acceptors (Lipinski definition) is 5. The monoisotopic (exact) mass is 476 g/mol. The van der Waals surface area contributed by atoms with Gasteiger partial charge in [0.05, 0.1) is 30.4 Å². The molecule has 2 amide bonds. The Morgan fingerprint density at radius 3 is 2.61 bits per heavy atom. The topological polar surface area (TPSA) is 85.9 Å². The molecule has 2 aromatic rings. The molecule has 1 atom stereocenters. The number of esters is 1. The number of hydrogen-bond donors (Lipinski definition) is 2. The molecule has 0 spiro atoms. The van der Waals surface area contributed by atoms with Gasteiger partial charge in [-0.15, -0.1) is 0 Å². The Balaban J connectivity index is 2.09. The number of carbonyl (C=O) groups is 2. The minimum Gasteiger partial charge on any atom is -0.493 e. The third kappa shape index (κ3) is 5.39. The molecule has 1 aliphatic rings. The first-order chi connectivity index (χ1) is 15.9. The summed E-state index contributed by atoms with van der Waals surface area (Å²) in [6.07, 6.45) is 1.18. The van der Waals surface area contributed by atoms with E-state index in [0.717, 1.165) is 0 Å². The summed E-state index contributed by atoms with van der Waals surface area (Å²) in [5.41, 5.74) is 1.41. The highest BCUT2D eigenvalue weighted by molar-refractivity contribution is 6.31. The summed E-state index contributed by atoms with van der Waals surface area (Å²) in [7, 11) is 1.47. The second-order valence-electron chi connectivity index (χ2n) is 7.26. The maximum atomic E-state index is 14.3. The smallest absolute Gasteiger partial charge is 0.338 e. The lowest BCUT2D eigenvalue weighted by Crippen LogP contribution is -2.46. The normalized spacial score (nSPS) is 15.5. The number of para-hydroxylation sites is 1. The third-order valence-electron chi connectivity index (χ3n) is 5.11. The number of carbonyl (C=O) groups excluding carboxylic acids is 2. The highest BCUT2D eigenvalue weighted by atomic mass is 35.5. The summed E-state index contributed by atoms with van der Waals surface area (Å²) in [5.74, 6) is -0.451. The average molecular weight is 477 g/mol. The van der Waals surface area contributed by atoms with Gasteiger partial charge in [0, 0.05) is 16.8 Å². The van der Waals surface area contributed by atoms with Crippen molar-refractivity contribution in [3.63, 3.8) is 0 Å². The Kier molecular flexibility index (Phi) is 8.16. The Bertz CT molecular complexity index is 1050. The second kappa shape index (κ2) is 11.0. The summed E-state index contributed by atoms with van der Waals surface area (Å²) in [4.78, 5) is 25.3. The van der Waals surface area contributed by atoms with Crippen LogP contribution in [0.25, 0.3) is 0 Å². The minimum atomic E-state index is -0.861. The summed E-state index contributed by atoms with van der Waals surface area (Å²) in [5, 5.41) is 5.72. The molecule has 0 saturated heterocycles. The molecule has 0 bridgehead atoms. The van der Waals surface area contributed by atoms with E-state index in [0.29, 0.717) is 29.9 Å². The largest absolute Gasteiger partial charge is 0.493 e. The Morgan fingerprint density at radius 1 is 1.18 bits per heavy atom. The molecule has 1 unspecified atom stereocenters. The third-order valence-corrected chi connectivity index (χ3v) is 5.47. The molecule has 0 radical (unpaired) electrons. The number of allylic oxidation sites excluding steroid dienone is 1. The van der Waals surface area contributed by atoms with Gasteiger partial charge in [-0.3, -0.25) is 0 Å². The average Bonchev–Trinajstić information content (AvgIpc) is 2.78. The van der Waals surface area contributed by atoms with Crippen LogP contribution in [0.1, 0.15) is 43.9 Å². The maximum Gasteiger partial charge on any atom is 0.338 e. The van der Waals surface area contributed by atoms with Gasteiger partial charge < -0.3 is 24.8 Å². The molecular weight excluding hydrogens is 451 g/mol. The number of nitrogens with one attached hydrogen (secondary N) is 2. The zero-order valence-corrected chi connectivity index (χ0v) is 19.4. The van der Waals surface area contributed by atoms with Crippen LogP contribution in [0.15, 0.2) is 47.7 Å². The number of ether oxygens (including phenoxy) is 3. The molecule has 2 N–H and O–H groups in total. The van der Waals surface area contributed by atoms with E-state index in [4.69, 9.17) is 25.8 Å². The van der Waals surface area contributed by atoms with Crippen molar-refractivity contribution in [1.82, 2.24) is 10.6 Å². The van der Waals surface area contributed by atoms with Crippen LogP contribution in [-0.4, -0.2) is 25.7 Å². The molecule has 7 nitrogen and oxygen atoms in total. The van der Waals surface area contributed by atoms with Crippen molar-refractivity contribution in [2.45, 2.75) is 39.3 Å². The number of rotatable bonds is 9. The molecule has 1 heterocycles. The SMILES string of the molecule is CCCC1=C(C(=O)OCC)C(c2cccc(OC)c2OCc2c(F)cccc2Cl)NC(=O)N1. The molecule has 176 valence electrons. The van der Waals surface area contributed by atoms with Crippen molar-refractivity contribution in [1.29, 1.82) is 0 Å². The van der Waals surface area contributed by atoms with Gasteiger partial charge in [0.15, 0.2) is 11.5 Å².